The van der Waals surface area contributed by atoms with E-state index >= 15 is 0 Å². The molecule has 0 aliphatic rings. The highest BCUT2D eigenvalue weighted by Crippen LogP contribution is 2.22. The highest BCUT2D eigenvalue weighted by molar-refractivity contribution is 8.03. The van der Waals surface area contributed by atoms with E-state index < -0.39 is 0 Å². The van der Waals surface area contributed by atoms with Crippen LogP contribution in [-0.2, 0) is 11.2 Å². The van der Waals surface area contributed by atoms with Gasteiger partial charge in [-0.05, 0) is 36.9 Å². The lowest BCUT2D eigenvalue weighted by Gasteiger charge is -2.05. The van der Waals surface area contributed by atoms with Crippen LogP contribution < -0.4 is 11.1 Å². The van der Waals surface area contributed by atoms with Crippen molar-refractivity contribution >= 4 is 41.5 Å². The summed E-state index contributed by atoms with van der Waals surface area (Å²) in [6.45, 7) is 8.86. The van der Waals surface area contributed by atoms with E-state index in [2.05, 4.69) is 28.6 Å². The number of aromatic nitrogens is 1. The fourth-order valence-corrected chi connectivity index (χ4v) is 2.92. The summed E-state index contributed by atoms with van der Waals surface area (Å²) in [5, 5.41) is 2.72. The van der Waals surface area contributed by atoms with Crippen LogP contribution in [0.15, 0.2) is 63.0 Å². The molecule has 6 nitrogen and oxygen atoms in total. The third kappa shape index (κ3) is 5.36. The normalized spacial score (nSPS) is 12.2. The van der Waals surface area contributed by atoms with Gasteiger partial charge in [0, 0.05) is 11.8 Å². The minimum atomic E-state index is -0.0801. The molecule has 25 heavy (non-hydrogen) atoms. The summed E-state index contributed by atoms with van der Waals surface area (Å²) in [6, 6.07) is 5.91. The molecule has 0 saturated heterocycles. The Labute approximate surface area is 150 Å². The smallest absolute Gasteiger partial charge is 0.292 e. The molecule has 0 fully saturated rings. The van der Waals surface area contributed by atoms with Gasteiger partial charge in [0.15, 0.2) is 5.58 Å². The summed E-state index contributed by atoms with van der Waals surface area (Å²) >= 11 is 1.44. The van der Waals surface area contributed by atoms with Crippen LogP contribution in [-0.4, -0.2) is 23.5 Å². The zero-order chi connectivity index (χ0) is 18.2. The van der Waals surface area contributed by atoms with Crippen LogP contribution in [0.4, 0.5) is 6.01 Å². The second-order valence-electron chi connectivity index (χ2n) is 5.09. The van der Waals surface area contributed by atoms with Crippen LogP contribution in [0.3, 0.4) is 0 Å². The van der Waals surface area contributed by atoms with E-state index in [1.807, 2.05) is 30.4 Å². The van der Waals surface area contributed by atoms with E-state index in [-0.39, 0.29) is 11.9 Å². The zero-order valence-corrected chi connectivity index (χ0v) is 14.8. The first-order chi connectivity index (χ1) is 12.0. The number of benzene rings is 1. The number of aliphatic imine (C=N–C) groups is 1. The molecule has 1 aromatic carbocycles. The number of rotatable bonds is 8. The predicted octanol–water partition coefficient (Wildman–Crippen LogP) is 3.43. The first kappa shape index (κ1) is 18.5. The molecule has 130 valence electrons. The number of allylic oxidation sites excluding steroid dienone is 3. The quantitative estimate of drug-likeness (QED) is 0.429. The van der Waals surface area contributed by atoms with E-state index in [9.17, 15) is 4.79 Å². The molecule has 1 heterocycles. The molecule has 0 bridgehead atoms. The van der Waals surface area contributed by atoms with Gasteiger partial charge in [0.25, 0.3) is 6.01 Å². The number of anilines is 1. The van der Waals surface area contributed by atoms with Gasteiger partial charge in [-0.25, -0.2) is 0 Å². The number of carbonyl (C=O) groups excluding carboxylic acids is 1. The van der Waals surface area contributed by atoms with Crippen molar-refractivity contribution in [3.8, 4) is 0 Å². The van der Waals surface area contributed by atoms with E-state index in [1.165, 1.54) is 18.7 Å². The van der Waals surface area contributed by atoms with E-state index in [0.717, 1.165) is 16.0 Å². The number of carbonyl (C=O) groups is 1. The third-order valence-electron chi connectivity index (χ3n) is 3.25. The average molecular weight is 356 g/mol. The largest absolute Gasteiger partial charge is 0.424 e. The van der Waals surface area contributed by atoms with Crippen molar-refractivity contribution < 1.29 is 9.21 Å². The topological polar surface area (TPSA) is 93.5 Å². The van der Waals surface area contributed by atoms with Gasteiger partial charge in [0.1, 0.15) is 5.52 Å². The summed E-state index contributed by atoms with van der Waals surface area (Å²) in [4.78, 5) is 19.9. The Kier molecular flexibility index (Phi) is 6.59. The number of hydrogen-bond acceptors (Lipinski definition) is 6. The van der Waals surface area contributed by atoms with Crippen LogP contribution in [0.5, 0.6) is 0 Å². The first-order valence-corrected chi connectivity index (χ1v) is 8.54. The lowest BCUT2D eigenvalue weighted by molar-refractivity contribution is -0.118. The monoisotopic (exact) mass is 356 g/mol. The number of nitrogens with two attached hydrogens (primary N) is 1. The lowest BCUT2D eigenvalue weighted by atomic mass is 10.1. The van der Waals surface area contributed by atoms with Crippen LogP contribution in [0.2, 0.25) is 0 Å². The van der Waals surface area contributed by atoms with Crippen LogP contribution in [0.1, 0.15) is 12.5 Å². The van der Waals surface area contributed by atoms with E-state index in [0.29, 0.717) is 23.6 Å². The fourth-order valence-electron chi connectivity index (χ4n) is 2.09. The molecule has 3 N–H and O–H groups in total. The number of nitrogens with one attached hydrogen (secondary N) is 1. The number of amides is 1. The molecule has 0 aliphatic heterocycles. The van der Waals surface area contributed by atoms with Gasteiger partial charge < -0.3 is 15.5 Å². The maximum absolute atomic E-state index is 10.9. The molecule has 2 rings (SSSR count). The van der Waals surface area contributed by atoms with Gasteiger partial charge in [-0.3, -0.25) is 9.79 Å². The maximum atomic E-state index is 10.9. The number of nitrogens with zero attached hydrogens (tertiary/aromatic N) is 2. The van der Waals surface area contributed by atoms with Gasteiger partial charge in [-0.2, -0.15) is 4.98 Å². The Morgan fingerprint density at radius 3 is 3.00 bits per heavy atom. The second kappa shape index (κ2) is 8.89. The molecular formula is C18H20N4O2S. The summed E-state index contributed by atoms with van der Waals surface area (Å²) in [5.74, 6) is 0.372. The predicted molar refractivity (Wildman–Crippen MR) is 104 cm³/mol. The molecule has 0 atom stereocenters. The second-order valence-corrected chi connectivity index (χ2v) is 6.11. The van der Waals surface area contributed by atoms with E-state index in [4.69, 9.17) is 10.2 Å². The molecule has 0 spiro atoms. The van der Waals surface area contributed by atoms with Gasteiger partial charge >= 0.3 is 0 Å². The molecule has 0 saturated carbocycles. The minimum Gasteiger partial charge on any atom is -0.424 e. The number of nitrogen functional groups attached to an aromatic ring is 1. The fraction of sp³-hybridized carbons (Fsp3) is 0.167. The van der Waals surface area contributed by atoms with Crippen molar-refractivity contribution in [1.82, 2.24) is 10.3 Å². The molecular weight excluding hydrogens is 336 g/mol. The molecule has 0 radical (unpaired) electrons. The van der Waals surface area contributed by atoms with Crippen molar-refractivity contribution in [3.05, 3.63) is 59.2 Å². The van der Waals surface area contributed by atoms with Gasteiger partial charge in [-0.15, -0.1) is 11.8 Å². The van der Waals surface area contributed by atoms with Crippen LogP contribution in [0.25, 0.3) is 11.1 Å². The summed E-state index contributed by atoms with van der Waals surface area (Å²) in [5.41, 5.74) is 8.74. The highest BCUT2D eigenvalue weighted by Gasteiger charge is 2.04. The summed E-state index contributed by atoms with van der Waals surface area (Å²) < 4.78 is 5.26. The molecule has 1 amide bonds. The van der Waals surface area contributed by atoms with Crippen LogP contribution in [0, 0.1) is 0 Å². The van der Waals surface area contributed by atoms with Crippen molar-refractivity contribution in [2.45, 2.75) is 13.3 Å². The average Bonchev–Trinajstić information content (AvgIpc) is 2.95. The Morgan fingerprint density at radius 1 is 1.52 bits per heavy atom. The third-order valence-corrected chi connectivity index (χ3v) is 4.23. The van der Waals surface area contributed by atoms with Crippen LogP contribution >= 0.6 is 11.8 Å². The highest BCUT2D eigenvalue weighted by atomic mass is 32.2. The standard InChI is InChI=1S/C18H20N4O2S/c1-4-17(25-11-21-12(2)23)14(20-3)7-5-6-13-8-9-16-15(10-13)22-18(19)24-16/h4-5,7-10H,1,3,6,11H2,2H3,(H2,19,22)(H,21,23)/b7-5-,17-14-. The summed E-state index contributed by atoms with van der Waals surface area (Å²) in [6.07, 6.45) is 6.26. The van der Waals surface area contributed by atoms with E-state index in [1.54, 1.807) is 6.08 Å². The Balaban J connectivity index is 2.07. The maximum Gasteiger partial charge on any atom is 0.292 e. The van der Waals surface area contributed by atoms with Crippen molar-refractivity contribution in [3.63, 3.8) is 0 Å². The number of thioether (sulfide) groups is 1. The molecule has 0 aliphatic carbocycles. The number of fused-ring (bicyclic) bond motifs is 1. The van der Waals surface area contributed by atoms with Crippen molar-refractivity contribution in [2.24, 2.45) is 4.99 Å². The van der Waals surface area contributed by atoms with Crippen molar-refractivity contribution in [1.29, 1.82) is 0 Å². The van der Waals surface area contributed by atoms with Gasteiger partial charge in [0.05, 0.1) is 11.6 Å². The summed E-state index contributed by atoms with van der Waals surface area (Å²) in [7, 11) is 0. The molecule has 0 unspecified atom stereocenters. The molecule has 1 aromatic heterocycles. The van der Waals surface area contributed by atoms with Gasteiger partial charge in [-0.1, -0.05) is 24.8 Å². The van der Waals surface area contributed by atoms with Crippen molar-refractivity contribution in [2.75, 3.05) is 11.6 Å². The minimum absolute atomic E-state index is 0.0801. The molecule has 2 aromatic rings. The Morgan fingerprint density at radius 2 is 2.32 bits per heavy atom. The van der Waals surface area contributed by atoms with Gasteiger partial charge in [0.2, 0.25) is 5.91 Å². The zero-order valence-electron chi connectivity index (χ0n) is 14.0. The molecule has 7 heteroatoms. The lowest BCUT2D eigenvalue weighted by Crippen LogP contribution is -2.18. The SMILES string of the molecule is C=C/C(SCNC(C)=O)=C(\C=C/Cc1ccc2oc(N)nc2c1)N=C. The number of oxazole rings is 1. The number of hydrogen-bond donors (Lipinski definition) is 2. The first-order valence-electron chi connectivity index (χ1n) is 7.55. The Bertz CT molecular complexity index is 852. The Hall–Kier alpha value is -2.80.